The maximum absolute atomic E-state index is 9.94. The minimum absolute atomic E-state index is 0.121. The molecule has 4 heteroatoms. The van der Waals surface area contributed by atoms with E-state index in [-0.39, 0.29) is 11.4 Å². The Hall–Kier alpha value is -3.50. The molecule has 244 valence electrons. The lowest BCUT2D eigenvalue weighted by molar-refractivity contribution is 0.651. The van der Waals surface area contributed by atoms with Gasteiger partial charge in [0.1, 0.15) is 12.1 Å². The predicted molar refractivity (Wildman–Crippen MR) is 195 cm³/mol. The van der Waals surface area contributed by atoms with Crippen LogP contribution in [0.4, 0.5) is 0 Å². The molecule has 0 radical (unpaired) electrons. The molecule has 4 nitrogen and oxygen atoms in total. The molecular weight excluding hydrogens is 560 g/mol. The van der Waals surface area contributed by atoms with E-state index in [2.05, 4.69) is 64.1 Å². The van der Waals surface area contributed by atoms with Crippen molar-refractivity contribution in [1.82, 2.24) is 9.97 Å². The van der Waals surface area contributed by atoms with Crippen molar-refractivity contribution in [1.29, 1.82) is 10.5 Å². The molecule has 0 saturated carbocycles. The molecule has 0 fully saturated rings. The van der Waals surface area contributed by atoms with Crippen LogP contribution in [0.5, 0.6) is 0 Å². The van der Waals surface area contributed by atoms with E-state index in [9.17, 15) is 10.5 Å². The number of rotatable bonds is 20. The lowest BCUT2D eigenvalue weighted by Crippen LogP contribution is -2.02. The summed E-state index contributed by atoms with van der Waals surface area (Å²) in [5.41, 5.74) is 7.53. The summed E-state index contributed by atoms with van der Waals surface area (Å²) in [6.07, 6.45) is 24.2. The Morgan fingerprint density at radius 1 is 0.413 bits per heavy atom. The van der Waals surface area contributed by atoms with Gasteiger partial charge in [0, 0.05) is 10.8 Å². The van der Waals surface area contributed by atoms with E-state index in [1.54, 1.807) is 0 Å². The van der Waals surface area contributed by atoms with Crippen LogP contribution in [-0.2, 0) is 25.7 Å². The number of nitriles is 2. The quantitative estimate of drug-likeness (QED) is 0.0731. The SMILES string of the molecule is CCCCCCc1cc2c3cc(CCCCCC)c(CCCCCC)cc3c3nc(C#N)c(C#N)nc3c2cc1CCCCCC. The summed E-state index contributed by atoms with van der Waals surface area (Å²) in [6, 6.07) is 14.0. The highest BCUT2D eigenvalue weighted by atomic mass is 14.8. The van der Waals surface area contributed by atoms with Gasteiger partial charge < -0.3 is 0 Å². The summed E-state index contributed by atoms with van der Waals surface area (Å²) < 4.78 is 0. The van der Waals surface area contributed by atoms with Crippen LogP contribution in [0.3, 0.4) is 0 Å². The number of hydrogen-bond acceptors (Lipinski definition) is 4. The third-order valence-electron chi connectivity index (χ3n) is 9.79. The van der Waals surface area contributed by atoms with Gasteiger partial charge in [-0.15, -0.1) is 0 Å². The number of unbranched alkanes of at least 4 members (excludes halogenated alkanes) is 12. The van der Waals surface area contributed by atoms with Gasteiger partial charge in [-0.2, -0.15) is 10.5 Å². The first-order valence-corrected chi connectivity index (χ1v) is 18.6. The molecular formula is C42H56N4. The fourth-order valence-electron chi connectivity index (χ4n) is 7.08. The van der Waals surface area contributed by atoms with E-state index in [1.807, 2.05) is 0 Å². The largest absolute Gasteiger partial charge is 0.232 e. The van der Waals surface area contributed by atoms with E-state index >= 15 is 0 Å². The van der Waals surface area contributed by atoms with Gasteiger partial charge in [-0.1, -0.05) is 117 Å². The van der Waals surface area contributed by atoms with Crippen molar-refractivity contribution in [3.63, 3.8) is 0 Å². The number of benzene rings is 3. The molecule has 0 amide bonds. The minimum Gasteiger partial charge on any atom is -0.232 e. The Balaban J connectivity index is 1.99. The van der Waals surface area contributed by atoms with E-state index < -0.39 is 0 Å². The van der Waals surface area contributed by atoms with E-state index in [1.165, 1.54) is 136 Å². The maximum atomic E-state index is 9.94. The average molecular weight is 617 g/mol. The fraction of sp³-hybridized carbons (Fsp3) is 0.571. The molecule has 0 aliphatic rings. The van der Waals surface area contributed by atoms with Crippen LogP contribution in [-0.4, -0.2) is 9.97 Å². The topological polar surface area (TPSA) is 73.4 Å². The van der Waals surface area contributed by atoms with Gasteiger partial charge in [0.05, 0.1) is 11.0 Å². The molecule has 0 atom stereocenters. The highest BCUT2D eigenvalue weighted by molar-refractivity contribution is 6.23. The van der Waals surface area contributed by atoms with E-state index in [4.69, 9.17) is 9.97 Å². The number of aromatic nitrogens is 2. The summed E-state index contributed by atoms with van der Waals surface area (Å²) in [7, 11) is 0. The third kappa shape index (κ3) is 8.85. The first-order valence-electron chi connectivity index (χ1n) is 18.6. The van der Waals surface area contributed by atoms with Crippen LogP contribution in [0.2, 0.25) is 0 Å². The van der Waals surface area contributed by atoms with Gasteiger partial charge in [0.2, 0.25) is 0 Å². The average Bonchev–Trinajstić information content (AvgIpc) is 3.08. The van der Waals surface area contributed by atoms with Crippen LogP contribution in [0.25, 0.3) is 32.6 Å². The standard InChI is InChI=1S/C42H56N4/c1-5-9-13-17-21-31-25-35-36-26-32(22-18-14-10-6-2)34(24-20-16-12-8-4)28-38(36)42-41(45-39(29-43)40(30-44)46-42)37(35)27-33(31)23-19-15-11-7-3/h25-28H,5-24H2,1-4H3. The van der Waals surface area contributed by atoms with Crippen LogP contribution >= 0.6 is 0 Å². The molecule has 0 saturated heterocycles. The van der Waals surface area contributed by atoms with Crippen molar-refractivity contribution in [2.24, 2.45) is 0 Å². The van der Waals surface area contributed by atoms with Crippen molar-refractivity contribution in [2.45, 2.75) is 156 Å². The van der Waals surface area contributed by atoms with Gasteiger partial charge in [-0.05, 0) is 96.5 Å². The van der Waals surface area contributed by atoms with Crippen molar-refractivity contribution < 1.29 is 0 Å². The molecule has 0 aliphatic heterocycles. The van der Waals surface area contributed by atoms with Crippen LogP contribution < -0.4 is 0 Å². The monoisotopic (exact) mass is 616 g/mol. The molecule has 4 aromatic rings. The van der Waals surface area contributed by atoms with Crippen molar-refractivity contribution in [3.05, 3.63) is 57.9 Å². The maximum Gasteiger partial charge on any atom is 0.177 e. The second-order valence-corrected chi connectivity index (χ2v) is 13.4. The molecule has 1 heterocycles. The Morgan fingerprint density at radius 3 is 0.957 bits per heavy atom. The second kappa shape index (κ2) is 18.6. The minimum atomic E-state index is 0.121. The summed E-state index contributed by atoms with van der Waals surface area (Å²) in [5.74, 6) is 0. The molecule has 0 bridgehead atoms. The molecule has 4 rings (SSSR count). The molecule has 0 N–H and O–H groups in total. The molecule has 1 aromatic heterocycles. The summed E-state index contributed by atoms with van der Waals surface area (Å²) in [5, 5.41) is 24.5. The summed E-state index contributed by atoms with van der Waals surface area (Å²) in [6.45, 7) is 9.08. The Kier molecular flexibility index (Phi) is 14.3. The third-order valence-corrected chi connectivity index (χ3v) is 9.79. The van der Waals surface area contributed by atoms with E-state index in [0.29, 0.717) is 0 Å². The fourth-order valence-corrected chi connectivity index (χ4v) is 7.08. The van der Waals surface area contributed by atoms with Gasteiger partial charge in [-0.25, -0.2) is 9.97 Å². The number of hydrogen-bond donors (Lipinski definition) is 0. The van der Waals surface area contributed by atoms with Crippen LogP contribution in [0.15, 0.2) is 24.3 Å². The van der Waals surface area contributed by atoms with Crippen LogP contribution in [0.1, 0.15) is 164 Å². The van der Waals surface area contributed by atoms with Crippen molar-refractivity contribution in [3.8, 4) is 12.1 Å². The van der Waals surface area contributed by atoms with Crippen molar-refractivity contribution in [2.75, 3.05) is 0 Å². The van der Waals surface area contributed by atoms with Crippen LogP contribution in [0, 0.1) is 22.7 Å². The molecule has 0 spiro atoms. The first-order chi connectivity index (χ1) is 22.6. The van der Waals surface area contributed by atoms with Gasteiger partial charge in [0.25, 0.3) is 0 Å². The summed E-state index contributed by atoms with van der Waals surface area (Å²) >= 11 is 0. The van der Waals surface area contributed by atoms with E-state index in [0.717, 1.165) is 47.5 Å². The Bertz CT molecular complexity index is 1550. The zero-order valence-electron chi connectivity index (χ0n) is 29.2. The highest BCUT2D eigenvalue weighted by Crippen LogP contribution is 2.38. The Morgan fingerprint density at radius 2 is 0.696 bits per heavy atom. The molecule has 0 unspecified atom stereocenters. The second-order valence-electron chi connectivity index (χ2n) is 13.4. The lowest BCUT2D eigenvalue weighted by Gasteiger charge is -2.18. The zero-order chi connectivity index (χ0) is 32.7. The highest BCUT2D eigenvalue weighted by Gasteiger charge is 2.19. The molecule has 46 heavy (non-hydrogen) atoms. The smallest absolute Gasteiger partial charge is 0.177 e. The lowest BCUT2D eigenvalue weighted by atomic mass is 9.87. The summed E-state index contributed by atoms with van der Waals surface area (Å²) in [4.78, 5) is 9.74. The molecule has 0 aliphatic carbocycles. The normalized spacial score (nSPS) is 11.4. The predicted octanol–water partition coefficient (Wildman–Crippen LogP) is 12.2. The van der Waals surface area contributed by atoms with Gasteiger partial charge >= 0.3 is 0 Å². The first kappa shape index (κ1) is 35.4. The number of aryl methyl sites for hydroxylation is 4. The number of nitrogens with zero attached hydrogens (tertiary/aromatic N) is 4. The Labute approximate surface area is 278 Å². The van der Waals surface area contributed by atoms with Gasteiger partial charge in [-0.3, -0.25) is 0 Å². The van der Waals surface area contributed by atoms with Gasteiger partial charge in [0.15, 0.2) is 11.4 Å². The molecule has 3 aromatic carbocycles. The zero-order valence-corrected chi connectivity index (χ0v) is 29.2. The number of fused-ring (bicyclic) bond motifs is 6. The van der Waals surface area contributed by atoms with Crippen molar-refractivity contribution >= 4 is 32.6 Å².